The van der Waals surface area contributed by atoms with Gasteiger partial charge in [0.15, 0.2) is 0 Å². The molecule has 0 spiro atoms. The van der Waals surface area contributed by atoms with Gasteiger partial charge < -0.3 is 9.47 Å². The second kappa shape index (κ2) is 9.47. The monoisotopic (exact) mass is 425 g/mol. The third-order valence-electron chi connectivity index (χ3n) is 5.95. The highest BCUT2D eigenvalue weighted by atomic mass is 19.1. The lowest BCUT2D eigenvalue weighted by Crippen LogP contribution is -2.40. The van der Waals surface area contributed by atoms with E-state index in [2.05, 4.69) is 10.0 Å². The van der Waals surface area contributed by atoms with Gasteiger partial charge >= 0.3 is 0 Å². The third kappa shape index (κ3) is 4.56. The number of halogens is 1. The van der Waals surface area contributed by atoms with Crippen LogP contribution in [0, 0.1) is 5.82 Å². The summed E-state index contributed by atoms with van der Waals surface area (Å²) in [6.45, 7) is 2.13. The van der Waals surface area contributed by atoms with Gasteiger partial charge in [0, 0.05) is 17.5 Å². The molecule has 0 bridgehead atoms. The molecule has 7 heteroatoms. The van der Waals surface area contributed by atoms with Gasteiger partial charge in [0.1, 0.15) is 17.3 Å². The van der Waals surface area contributed by atoms with E-state index in [-0.39, 0.29) is 11.7 Å². The Bertz CT molecular complexity index is 972. The topological polar surface area (TPSA) is 54.4 Å². The van der Waals surface area contributed by atoms with E-state index < -0.39 is 6.04 Å². The van der Waals surface area contributed by atoms with Crippen molar-refractivity contribution in [3.8, 4) is 11.5 Å². The second-order valence-corrected chi connectivity index (χ2v) is 7.93. The first-order valence-electron chi connectivity index (χ1n) is 10.7. The summed E-state index contributed by atoms with van der Waals surface area (Å²) in [6, 6.07) is 11.7. The Morgan fingerprint density at radius 2 is 1.87 bits per heavy atom. The summed E-state index contributed by atoms with van der Waals surface area (Å²) >= 11 is 0. The standard InChI is InChI=1S/C24H28FN3O3/c1-30-17-10-11-23(31-2)19(14-17)22-15-21(18-8-4-5-9-20(18)25)26-28(22)24(29)16-27-12-6-3-7-13-27/h4-5,8-11,14,22H,3,6-7,12-13,15-16H2,1-2H3/t22-/m1/s1. The fourth-order valence-electron chi connectivity index (χ4n) is 4.32. The van der Waals surface area contributed by atoms with Crippen molar-refractivity contribution >= 4 is 11.6 Å². The molecule has 2 aliphatic heterocycles. The van der Waals surface area contributed by atoms with E-state index in [1.54, 1.807) is 32.4 Å². The van der Waals surface area contributed by atoms with Gasteiger partial charge in [-0.25, -0.2) is 9.40 Å². The minimum absolute atomic E-state index is 0.0943. The maximum atomic E-state index is 14.5. The van der Waals surface area contributed by atoms with Crippen LogP contribution in [-0.2, 0) is 4.79 Å². The molecule has 2 aromatic rings. The molecule has 1 saturated heterocycles. The van der Waals surface area contributed by atoms with Crippen molar-refractivity contribution in [2.45, 2.75) is 31.7 Å². The second-order valence-electron chi connectivity index (χ2n) is 7.93. The van der Waals surface area contributed by atoms with Gasteiger partial charge in [0.25, 0.3) is 5.91 Å². The zero-order chi connectivity index (χ0) is 21.8. The fraction of sp³-hybridized carbons (Fsp3) is 0.417. The van der Waals surface area contributed by atoms with Crippen molar-refractivity contribution < 1.29 is 18.7 Å². The maximum absolute atomic E-state index is 14.5. The van der Waals surface area contributed by atoms with Crippen LogP contribution in [0.1, 0.15) is 42.9 Å². The van der Waals surface area contributed by atoms with E-state index >= 15 is 0 Å². The molecule has 2 heterocycles. The number of hydrazone groups is 1. The lowest BCUT2D eigenvalue weighted by atomic mass is 9.97. The first kappa shape index (κ1) is 21.3. The molecule has 0 unspecified atom stereocenters. The van der Waals surface area contributed by atoms with Crippen LogP contribution in [-0.4, -0.2) is 55.4 Å². The first-order chi connectivity index (χ1) is 15.1. The Kier molecular flexibility index (Phi) is 6.51. The van der Waals surface area contributed by atoms with Gasteiger partial charge in [-0.2, -0.15) is 5.10 Å². The molecule has 4 rings (SSSR count). The molecular formula is C24H28FN3O3. The number of likely N-dealkylation sites (tertiary alicyclic amines) is 1. The predicted octanol–water partition coefficient (Wildman–Crippen LogP) is 4.01. The summed E-state index contributed by atoms with van der Waals surface area (Å²) in [5, 5.41) is 6.12. The summed E-state index contributed by atoms with van der Waals surface area (Å²) < 4.78 is 25.5. The Balaban J connectivity index is 1.69. The van der Waals surface area contributed by atoms with Crippen LogP contribution in [0.15, 0.2) is 47.6 Å². The Morgan fingerprint density at radius 3 is 2.58 bits per heavy atom. The van der Waals surface area contributed by atoms with Gasteiger partial charge in [-0.15, -0.1) is 0 Å². The van der Waals surface area contributed by atoms with Crippen LogP contribution >= 0.6 is 0 Å². The molecule has 1 amide bonds. The average Bonchev–Trinajstić information content (AvgIpc) is 3.25. The van der Waals surface area contributed by atoms with Crippen LogP contribution in [0.25, 0.3) is 0 Å². The summed E-state index contributed by atoms with van der Waals surface area (Å²) in [6.07, 6.45) is 3.80. The van der Waals surface area contributed by atoms with Gasteiger partial charge in [-0.05, 0) is 50.2 Å². The van der Waals surface area contributed by atoms with Crippen LogP contribution in [0.5, 0.6) is 11.5 Å². The van der Waals surface area contributed by atoms with Gasteiger partial charge in [-0.3, -0.25) is 9.69 Å². The molecule has 2 aliphatic rings. The normalized spacial score (nSPS) is 19.3. The van der Waals surface area contributed by atoms with Crippen LogP contribution in [0.4, 0.5) is 4.39 Å². The number of carbonyl (C=O) groups is 1. The van der Waals surface area contributed by atoms with E-state index in [1.165, 1.54) is 17.5 Å². The average molecular weight is 426 g/mol. The molecule has 164 valence electrons. The van der Waals surface area contributed by atoms with E-state index in [1.807, 2.05) is 18.2 Å². The van der Waals surface area contributed by atoms with E-state index in [0.29, 0.717) is 35.7 Å². The molecule has 1 atom stereocenters. The number of piperidine rings is 1. The number of rotatable bonds is 6. The number of nitrogens with zero attached hydrogens (tertiary/aromatic N) is 3. The SMILES string of the molecule is COc1ccc(OC)c([C@H]2CC(c3ccccc3F)=NN2C(=O)CN2CCCCC2)c1. The first-order valence-corrected chi connectivity index (χ1v) is 10.7. The van der Waals surface area contributed by atoms with Crippen molar-refractivity contribution in [2.75, 3.05) is 33.9 Å². The van der Waals surface area contributed by atoms with Crippen molar-refractivity contribution in [3.05, 3.63) is 59.4 Å². The molecule has 0 radical (unpaired) electrons. The summed E-state index contributed by atoms with van der Waals surface area (Å²) in [7, 11) is 3.19. The van der Waals surface area contributed by atoms with E-state index in [0.717, 1.165) is 31.5 Å². The number of carbonyl (C=O) groups excluding carboxylic acids is 1. The zero-order valence-electron chi connectivity index (χ0n) is 18.0. The van der Waals surface area contributed by atoms with E-state index in [4.69, 9.17) is 9.47 Å². The fourth-order valence-corrected chi connectivity index (χ4v) is 4.32. The van der Waals surface area contributed by atoms with Crippen molar-refractivity contribution in [1.29, 1.82) is 0 Å². The van der Waals surface area contributed by atoms with Gasteiger partial charge in [-0.1, -0.05) is 24.6 Å². The Morgan fingerprint density at radius 1 is 1.10 bits per heavy atom. The number of benzene rings is 2. The lowest BCUT2D eigenvalue weighted by Gasteiger charge is -2.29. The predicted molar refractivity (Wildman–Crippen MR) is 117 cm³/mol. The maximum Gasteiger partial charge on any atom is 0.257 e. The third-order valence-corrected chi connectivity index (χ3v) is 5.95. The van der Waals surface area contributed by atoms with Gasteiger partial charge in [0.05, 0.1) is 32.5 Å². The molecule has 1 fully saturated rings. The van der Waals surface area contributed by atoms with Crippen LogP contribution < -0.4 is 9.47 Å². The molecule has 0 saturated carbocycles. The minimum atomic E-state index is -0.392. The summed E-state index contributed by atoms with van der Waals surface area (Å²) in [5.74, 6) is 0.871. The van der Waals surface area contributed by atoms with E-state index in [9.17, 15) is 9.18 Å². The Hall–Kier alpha value is -2.93. The zero-order valence-corrected chi connectivity index (χ0v) is 18.0. The number of methoxy groups -OCH3 is 2. The molecule has 0 N–H and O–H groups in total. The van der Waals surface area contributed by atoms with Crippen molar-refractivity contribution in [3.63, 3.8) is 0 Å². The molecule has 2 aromatic carbocycles. The largest absolute Gasteiger partial charge is 0.497 e. The lowest BCUT2D eigenvalue weighted by molar-refractivity contribution is -0.134. The minimum Gasteiger partial charge on any atom is -0.497 e. The highest BCUT2D eigenvalue weighted by Crippen LogP contribution is 2.39. The Labute approximate surface area is 182 Å². The highest BCUT2D eigenvalue weighted by molar-refractivity contribution is 6.03. The molecular weight excluding hydrogens is 397 g/mol. The molecule has 6 nitrogen and oxygen atoms in total. The van der Waals surface area contributed by atoms with Crippen LogP contribution in [0.3, 0.4) is 0 Å². The number of amides is 1. The van der Waals surface area contributed by atoms with Crippen molar-refractivity contribution in [2.24, 2.45) is 5.10 Å². The molecule has 31 heavy (non-hydrogen) atoms. The van der Waals surface area contributed by atoms with Crippen molar-refractivity contribution in [1.82, 2.24) is 9.91 Å². The quantitative estimate of drug-likeness (QED) is 0.702. The molecule has 0 aromatic heterocycles. The molecule has 0 aliphatic carbocycles. The number of hydrogen-bond donors (Lipinski definition) is 0. The summed E-state index contributed by atoms with van der Waals surface area (Å²) in [4.78, 5) is 15.5. The number of hydrogen-bond acceptors (Lipinski definition) is 5. The smallest absolute Gasteiger partial charge is 0.257 e. The summed E-state index contributed by atoms with van der Waals surface area (Å²) in [5.41, 5.74) is 1.77. The van der Waals surface area contributed by atoms with Gasteiger partial charge in [0.2, 0.25) is 0 Å². The van der Waals surface area contributed by atoms with Crippen LogP contribution in [0.2, 0.25) is 0 Å². The highest BCUT2D eigenvalue weighted by Gasteiger charge is 2.36. The number of ether oxygens (including phenoxy) is 2.